The van der Waals surface area contributed by atoms with E-state index >= 15 is 4.39 Å². The maximum Gasteiger partial charge on any atom is 0.410 e. The summed E-state index contributed by atoms with van der Waals surface area (Å²) in [6.07, 6.45) is 0.764. The summed E-state index contributed by atoms with van der Waals surface area (Å²) in [6.45, 7) is 8.53. The maximum absolute atomic E-state index is 15.9. The summed E-state index contributed by atoms with van der Waals surface area (Å²) in [5.74, 6) is -4.78. The summed E-state index contributed by atoms with van der Waals surface area (Å²) in [6, 6.07) is 2.77. The Hall–Kier alpha value is -4.63. The number of phenols is 1. The molecule has 1 saturated heterocycles. The van der Waals surface area contributed by atoms with Crippen molar-refractivity contribution in [3.05, 3.63) is 63.6 Å². The Balaban J connectivity index is 1.76. The molecule has 250 valence electrons. The molecular formula is C31H32ClF3N6O6. The first-order valence-electron chi connectivity index (χ1n) is 14.6. The van der Waals surface area contributed by atoms with Crippen LogP contribution < -0.4 is 15.3 Å². The van der Waals surface area contributed by atoms with Gasteiger partial charge in [-0.05, 0) is 52.8 Å². The van der Waals surface area contributed by atoms with E-state index in [1.807, 2.05) is 0 Å². The molecule has 4 aromatic rings. The number of fused-ring (bicyclic) bond motifs is 1. The Kier molecular flexibility index (Phi) is 9.24. The monoisotopic (exact) mass is 676 g/mol. The first-order chi connectivity index (χ1) is 22.1. The van der Waals surface area contributed by atoms with E-state index in [1.165, 1.54) is 12.3 Å². The number of hydrogen-bond donors (Lipinski definition) is 2. The minimum atomic E-state index is -1.23. The van der Waals surface area contributed by atoms with Gasteiger partial charge < -0.3 is 29.5 Å². The molecule has 4 heterocycles. The van der Waals surface area contributed by atoms with Gasteiger partial charge >= 0.3 is 11.8 Å². The first-order valence-corrected chi connectivity index (χ1v) is 15.0. The quantitative estimate of drug-likeness (QED) is 0.273. The van der Waals surface area contributed by atoms with Gasteiger partial charge in [-0.2, -0.15) is 4.98 Å². The number of aliphatic hydroxyl groups excluding tert-OH is 1. The molecule has 0 aliphatic carbocycles. The molecule has 16 heteroatoms. The van der Waals surface area contributed by atoms with Crippen LogP contribution in [0.15, 0.2) is 35.3 Å². The molecule has 2 atom stereocenters. The molecule has 0 spiro atoms. The average Bonchev–Trinajstić information content (AvgIpc) is 2.99. The molecule has 0 radical (unpaired) electrons. The fraction of sp³-hybridized carbons (Fsp3) is 0.387. The van der Waals surface area contributed by atoms with Gasteiger partial charge in [-0.3, -0.25) is 0 Å². The van der Waals surface area contributed by atoms with Crippen LogP contribution in [0.1, 0.15) is 34.6 Å². The van der Waals surface area contributed by atoms with Crippen molar-refractivity contribution in [1.82, 2.24) is 24.4 Å². The Morgan fingerprint density at radius 3 is 2.45 bits per heavy atom. The van der Waals surface area contributed by atoms with Crippen LogP contribution in [-0.4, -0.2) is 84.7 Å². The van der Waals surface area contributed by atoms with Crippen LogP contribution in [0.4, 0.5) is 23.8 Å². The molecule has 2 N–H and O–H groups in total. The summed E-state index contributed by atoms with van der Waals surface area (Å²) >= 11 is 6.44. The third kappa shape index (κ3) is 6.49. The van der Waals surface area contributed by atoms with Gasteiger partial charge in [0.25, 0.3) is 0 Å². The molecule has 1 aromatic carbocycles. The van der Waals surface area contributed by atoms with Gasteiger partial charge in [0.05, 0.1) is 17.6 Å². The number of nitrogens with zero attached hydrogens (tertiary/aromatic N) is 6. The molecule has 0 saturated carbocycles. The van der Waals surface area contributed by atoms with Crippen LogP contribution in [0.25, 0.3) is 28.0 Å². The van der Waals surface area contributed by atoms with Crippen LogP contribution in [0.2, 0.25) is 5.15 Å². The van der Waals surface area contributed by atoms with Crippen molar-refractivity contribution in [2.45, 2.75) is 52.3 Å². The normalized spacial score (nSPS) is 16.9. The predicted molar refractivity (Wildman–Crippen MR) is 167 cm³/mol. The molecule has 1 aliphatic rings. The number of hydrogen-bond acceptors (Lipinski definition) is 10. The highest BCUT2D eigenvalue weighted by Crippen LogP contribution is 2.39. The third-order valence-corrected chi connectivity index (χ3v) is 7.69. The van der Waals surface area contributed by atoms with Gasteiger partial charge in [-0.15, -0.1) is 0 Å². The Labute approximate surface area is 272 Å². The number of anilines is 1. The SMILES string of the molecule is C[C@H]1CN(c2nc(=O)n(-c3c(OCCO)ccnc3Cl)c3nc(-c4c(F)ccc(F)c4O)c(F)cc23)[C@@H](C)CN1C(=O)OC(C)(C)C. The van der Waals surface area contributed by atoms with Crippen molar-refractivity contribution < 1.29 is 37.7 Å². The second-order valence-corrected chi connectivity index (χ2v) is 12.4. The van der Waals surface area contributed by atoms with Gasteiger partial charge in [-0.25, -0.2) is 37.3 Å². The summed E-state index contributed by atoms with van der Waals surface area (Å²) < 4.78 is 57.3. The number of ether oxygens (including phenoxy) is 2. The first kappa shape index (κ1) is 33.7. The molecule has 47 heavy (non-hydrogen) atoms. The smallest absolute Gasteiger partial charge is 0.410 e. The largest absolute Gasteiger partial charge is 0.504 e. The Morgan fingerprint density at radius 2 is 1.77 bits per heavy atom. The molecule has 0 bridgehead atoms. The van der Waals surface area contributed by atoms with E-state index in [-0.39, 0.29) is 59.7 Å². The maximum atomic E-state index is 15.9. The number of pyridine rings is 2. The van der Waals surface area contributed by atoms with Crippen molar-refractivity contribution in [2.75, 3.05) is 31.2 Å². The molecule has 12 nitrogen and oxygen atoms in total. The number of piperazine rings is 1. The lowest BCUT2D eigenvalue weighted by molar-refractivity contribution is 0.0130. The minimum Gasteiger partial charge on any atom is -0.504 e. The van der Waals surface area contributed by atoms with Crippen LogP contribution >= 0.6 is 11.6 Å². The number of aromatic hydroxyl groups is 1. The second-order valence-electron chi connectivity index (χ2n) is 12.0. The fourth-order valence-corrected chi connectivity index (χ4v) is 5.59. The minimum absolute atomic E-state index is 0.0100. The van der Waals surface area contributed by atoms with Crippen LogP contribution in [-0.2, 0) is 4.74 Å². The summed E-state index contributed by atoms with van der Waals surface area (Å²) in [5.41, 5.74) is -3.85. The number of phenolic OH excluding ortho intramolecular Hbond substituents is 1. The van der Waals surface area contributed by atoms with Crippen molar-refractivity contribution in [3.63, 3.8) is 0 Å². The number of benzene rings is 1. The van der Waals surface area contributed by atoms with Crippen LogP contribution in [0.5, 0.6) is 11.5 Å². The van der Waals surface area contributed by atoms with E-state index in [1.54, 1.807) is 44.4 Å². The number of aromatic nitrogens is 4. The Morgan fingerprint density at radius 1 is 1.06 bits per heavy atom. The number of amides is 1. The number of carbonyl (C=O) groups is 1. The topological polar surface area (TPSA) is 143 Å². The van der Waals surface area contributed by atoms with E-state index < -0.39 is 63.9 Å². The molecule has 5 rings (SSSR count). The standard InChI is InChI=1S/C31H32ClF3N6O6/c1-15-14-40(30(45)47-31(3,4)5)16(2)13-39(15)27-17-12-20(35)23(22-18(33)6-7-19(34)25(22)43)37-28(17)41(29(44)38-27)24-21(46-11-10-42)8-9-36-26(24)32/h6-9,12,15-16,42-43H,10-11,13-14H2,1-5H3/t15-,16-/m0/s1. The van der Waals surface area contributed by atoms with E-state index in [0.717, 1.165) is 10.6 Å². The molecule has 1 amide bonds. The highest BCUT2D eigenvalue weighted by atomic mass is 35.5. The number of halogens is 4. The Bertz CT molecular complexity index is 1920. The van der Waals surface area contributed by atoms with Crippen LogP contribution in [0, 0.1) is 17.5 Å². The van der Waals surface area contributed by atoms with Crippen molar-refractivity contribution in [1.29, 1.82) is 0 Å². The molecular weight excluding hydrogens is 645 g/mol. The lowest BCUT2D eigenvalue weighted by Gasteiger charge is -2.44. The number of aliphatic hydroxyl groups is 1. The summed E-state index contributed by atoms with van der Waals surface area (Å²) in [5, 5.41) is 19.4. The van der Waals surface area contributed by atoms with Crippen LogP contribution in [0.3, 0.4) is 0 Å². The van der Waals surface area contributed by atoms with E-state index in [0.29, 0.717) is 12.1 Å². The van der Waals surface area contributed by atoms with Gasteiger partial charge in [0.15, 0.2) is 28.2 Å². The van der Waals surface area contributed by atoms with E-state index in [4.69, 9.17) is 21.1 Å². The molecule has 3 aromatic heterocycles. The fourth-order valence-electron chi connectivity index (χ4n) is 5.35. The van der Waals surface area contributed by atoms with Gasteiger partial charge in [-0.1, -0.05) is 11.6 Å². The summed E-state index contributed by atoms with van der Waals surface area (Å²) in [4.78, 5) is 42.7. The highest BCUT2D eigenvalue weighted by molar-refractivity contribution is 6.31. The highest BCUT2D eigenvalue weighted by Gasteiger charge is 2.37. The molecule has 1 aliphatic heterocycles. The zero-order valence-electron chi connectivity index (χ0n) is 26.1. The average molecular weight is 677 g/mol. The van der Waals surface area contributed by atoms with Crippen molar-refractivity contribution >= 4 is 34.5 Å². The second kappa shape index (κ2) is 12.9. The van der Waals surface area contributed by atoms with Crippen molar-refractivity contribution in [3.8, 4) is 28.4 Å². The zero-order valence-corrected chi connectivity index (χ0v) is 26.8. The third-order valence-electron chi connectivity index (χ3n) is 7.42. The zero-order chi connectivity index (χ0) is 34.4. The van der Waals surface area contributed by atoms with Gasteiger partial charge in [0.1, 0.15) is 41.0 Å². The number of rotatable bonds is 6. The van der Waals surface area contributed by atoms with Crippen molar-refractivity contribution in [2.24, 2.45) is 0 Å². The lowest BCUT2D eigenvalue weighted by atomic mass is 10.1. The van der Waals surface area contributed by atoms with E-state index in [2.05, 4.69) is 15.0 Å². The molecule has 1 fully saturated rings. The predicted octanol–water partition coefficient (Wildman–Crippen LogP) is 4.82. The molecule has 0 unspecified atom stereocenters. The van der Waals surface area contributed by atoms with Gasteiger partial charge in [0, 0.05) is 37.4 Å². The summed E-state index contributed by atoms with van der Waals surface area (Å²) in [7, 11) is 0. The van der Waals surface area contributed by atoms with E-state index in [9.17, 15) is 28.6 Å². The lowest BCUT2D eigenvalue weighted by Crippen LogP contribution is -2.59. The van der Waals surface area contributed by atoms with Gasteiger partial charge in [0.2, 0.25) is 0 Å². The number of carbonyl (C=O) groups excluding carboxylic acids is 1.